The SMILES string of the molecule is CCC12OC1(CC(C)(C(=O)OC)C1CCCCC1)O2. The van der Waals surface area contributed by atoms with Gasteiger partial charge in [-0.3, -0.25) is 4.79 Å². The van der Waals surface area contributed by atoms with Crippen molar-refractivity contribution >= 4 is 5.97 Å². The number of esters is 1. The molecule has 3 rings (SSSR count). The molecular formula is C15H24O4. The first-order valence-electron chi connectivity index (χ1n) is 7.51. The van der Waals surface area contributed by atoms with Crippen molar-refractivity contribution in [2.45, 2.75) is 70.4 Å². The largest absolute Gasteiger partial charge is 0.469 e. The Balaban J connectivity index is 1.75. The molecule has 0 aromatic carbocycles. The highest BCUT2D eigenvalue weighted by Crippen LogP contribution is 2.73. The lowest BCUT2D eigenvalue weighted by Crippen LogP contribution is -2.40. The van der Waals surface area contributed by atoms with E-state index in [0.717, 1.165) is 19.3 Å². The first-order chi connectivity index (χ1) is 9.02. The lowest BCUT2D eigenvalue weighted by atomic mass is 9.67. The van der Waals surface area contributed by atoms with Crippen molar-refractivity contribution in [3.05, 3.63) is 0 Å². The number of hydrogen-bond acceptors (Lipinski definition) is 4. The zero-order valence-corrected chi connectivity index (χ0v) is 12.2. The molecule has 1 atom stereocenters. The van der Waals surface area contributed by atoms with Gasteiger partial charge in [0, 0.05) is 12.8 Å². The van der Waals surface area contributed by atoms with Gasteiger partial charge in [0.15, 0.2) is 0 Å². The number of fused-ring (bicyclic) bond motifs is 1. The molecule has 0 aromatic rings. The minimum Gasteiger partial charge on any atom is -0.469 e. The third-order valence-corrected chi connectivity index (χ3v) is 5.38. The Bertz CT molecular complexity index is 380. The van der Waals surface area contributed by atoms with Gasteiger partial charge in [-0.25, -0.2) is 0 Å². The van der Waals surface area contributed by atoms with E-state index in [0.29, 0.717) is 12.3 Å². The topological polar surface area (TPSA) is 51.4 Å². The van der Waals surface area contributed by atoms with Gasteiger partial charge in [-0.05, 0) is 25.7 Å². The van der Waals surface area contributed by atoms with Gasteiger partial charge in [0.1, 0.15) is 0 Å². The molecule has 0 N–H and O–H groups in total. The summed E-state index contributed by atoms with van der Waals surface area (Å²) < 4.78 is 16.4. The summed E-state index contributed by atoms with van der Waals surface area (Å²) in [6, 6.07) is 0. The van der Waals surface area contributed by atoms with Crippen LogP contribution in [-0.4, -0.2) is 24.7 Å². The molecule has 4 nitrogen and oxygen atoms in total. The fraction of sp³-hybridized carbons (Fsp3) is 0.933. The smallest absolute Gasteiger partial charge is 0.312 e. The van der Waals surface area contributed by atoms with Gasteiger partial charge in [-0.15, -0.1) is 0 Å². The second-order valence-electron chi connectivity index (χ2n) is 6.48. The molecule has 3 fully saturated rings. The van der Waals surface area contributed by atoms with Crippen molar-refractivity contribution in [1.82, 2.24) is 0 Å². The molecule has 19 heavy (non-hydrogen) atoms. The molecule has 1 unspecified atom stereocenters. The molecule has 108 valence electrons. The van der Waals surface area contributed by atoms with E-state index in [9.17, 15) is 4.79 Å². The molecule has 1 saturated carbocycles. The Labute approximate surface area is 114 Å². The minimum atomic E-state index is -0.470. The zero-order valence-electron chi connectivity index (χ0n) is 12.2. The molecule has 3 aliphatic rings. The molecule has 4 heteroatoms. The molecule has 1 aliphatic carbocycles. The van der Waals surface area contributed by atoms with Crippen LogP contribution in [-0.2, 0) is 19.0 Å². The highest BCUT2D eigenvalue weighted by molar-refractivity contribution is 5.77. The Morgan fingerprint density at radius 1 is 1.26 bits per heavy atom. The summed E-state index contributed by atoms with van der Waals surface area (Å²) in [7, 11) is 1.48. The maximum absolute atomic E-state index is 12.3. The summed E-state index contributed by atoms with van der Waals surface area (Å²) in [5, 5.41) is 0. The summed E-state index contributed by atoms with van der Waals surface area (Å²) in [6.45, 7) is 4.10. The van der Waals surface area contributed by atoms with Crippen molar-refractivity contribution in [1.29, 1.82) is 0 Å². The number of carbonyl (C=O) groups excluding carboxylic acids is 1. The van der Waals surface area contributed by atoms with E-state index >= 15 is 0 Å². The minimum absolute atomic E-state index is 0.107. The molecular weight excluding hydrogens is 244 g/mol. The van der Waals surface area contributed by atoms with Crippen LogP contribution in [0, 0.1) is 11.3 Å². The molecule has 0 bridgehead atoms. The number of epoxide rings is 2. The van der Waals surface area contributed by atoms with Crippen LogP contribution in [0.3, 0.4) is 0 Å². The molecule has 2 heterocycles. The lowest BCUT2D eigenvalue weighted by molar-refractivity contribution is -0.165. The summed E-state index contributed by atoms with van der Waals surface area (Å²) in [4.78, 5) is 12.3. The Morgan fingerprint density at radius 2 is 1.89 bits per heavy atom. The molecule has 0 radical (unpaired) electrons. The highest BCUT2D eigenvalue weighted by Gasteiger charge is 2.90. The van der Waals surface area contributed by atoms with Crippen LogP contribution in [0.25, 0.3) is 0 Å². The van der Waals surface area contributed by atoms with E-state index in [1.165, 1.54) is 26.4 Å². The lowest BCUT2D eigenvalue weighted by Gasteiger charge is -2.37. The van der Waals surface area contributed by atoms with Crippen LogP contribution in [0.1, 0.15) is 58.8 Å². The summed E-state index contributed by atoms with van der Waals surface area (Å²) in [6.07, 6.45) is 7.43. The second kappa shape index (κ2) is 4.19. The van der Waals surface area contributed by atoms with Crippen LogP contribution in [0.15, 0.2) is 0 Å². The quantitative estimate of drug-likeness (QED) is 0.568. The van der Waals surface area contributed by atoms with Crippen LogP contribution in [0.4, 0.5) is 0 Å². The van der Waals surface area contributed by atoms with E-state index in [1.54, 1.807) is 0 Å². The molecule has 2 saturated heterocycles. The van der Waals surface area contributed by atoms with E-state index in [4.69, 9.17) is 14.2 Å². The van der Waals surface area contributed by atoms with Crippen molar-refractivity contribution in [3.8, 4) is 0 Å². The predicted octanol–water partition coefficient (Wildman–Crippen LogP) is 3.00. The first-order valence-corrected chi connectivity index (χ1v) is 7.51. The second-order valence-corrected chi connectivity index (χ2v) is 6.48. The monoisotopic (exact) mass is 268 g/mol. The van der Waals surface area contributed by atoms with Crippen molar-refractivity contribution in [2.24, 2.45) is 11.3 Å². The van der Waals surface area contributed by atoms with Crippen LogP contribution in [0.2, 0.25) is 0 Å². The maximum atomic E-state index is 12.3. The predicted molar refractivity (Wildman–Crippen MR) is 69.2 cm³/mol. The Morgan fingerprint density at radius 3 is 2.37 bits per heavy atom. The number of rotatable bonds is 5. The normalized spacial score (nSPS) is 40.2. The fourth-order valence-corrected chi connectivity index (χ4v) is 3.95. The van der Waals surface area contributed by atoms with E-state index in [-0.39, 0.29) is 11.8 Å². The summed E-state index contributed by atoms with van der Waals surface area (Å²) >= 11 is 0. The van der Waals surface area contributed by atoms with E-state index in [2.05, 4.69) is 6.92 Å². The van der Waals surface area contributed by atoms with Crippen molar-refractivity contribution in [2.75, 3.05) is 7.11 Å². The van der Waals surface area contributed by atoms with Gasteiger partial charge in [0.2, 0.25) is 11.6 Å². The van der Waals surface area contributed by atoms with Crippen LogP contribution >= 0.6 is 0 Å². The van der Waals surface area contributed by atoms with Gasteiger partial charge in [0.25, 0.3) is 0 Å². The third kappa shape index (κ3) is 1.83. The van der Waals surface area contributed by atoms with Crippen molar-refractivity contribution in [3.63, 3.8) is 0 Å². The Kier molecular flexibility index (Phi) is 2.95. The van der Waals surface area contributed by atoms with Gasteiger partial charge in [0.05, 0.1) is 12.5 Å². The average Bonchev–Trinajstić information content (AvgIpc) is 3.24. The number of carbonyl (C=O) groups is 1. The summed E-state index contributed by atoms with van der Waals surface area (Å²) in [5.41, 5.74) is -0.470. The number of methoxy groups -OCH3 is 1. The van der Waals surface area contributed by atoms with E-state index < -0.39 is 11.2 Å². The first kappa shape index (κ1) is 13.4. The van der Waals surface area contributed by atoms with Crippen LogP contribution < -0.4 is 0 Å². The zero-order chi connectivity index (χ0) is 13.7. The van der Waals surface area contributed by atoms with Crippen molar-refractivity contribution < 1.29 is 19.0 Å². The van der Waals surface area contributed by atoms with Gasteiger partial charge >= 0.3 is 5.97 Å². The van der Waals surface area contributed by atoms with Gasteiger partial charge in [-0.2, -0.15) is 0 Å². The molecule has 0 aromatic heterocycles. The van der Waals surface area contributed by atoms with Gasteiger partial charge < -0.3 is 14.2 Å². The number of hydrogen-bond donors (Lipinski definition) is 0. The fourth-order valence-electron chi connectivity index (χ4n) is 3.95. The summed E-state index contributed by atoms with van der Waals surface area (Å²) in [5.74, 6) is -0.546. The van der Waals surface area contributed by atoms with E-state index in [1.807, 2.05) is 6.92 Å². The number of ether oxygens (including phenoxy) is 3. The molecule has 0 spiro atoms. The molecule has 0 amide bonds. The molecule has 2 aliphatic heterocycles. The standard InChI is InChI=1S/C15H24O4/c1-4-14-15(18-14,19-14)10-13(2,12(16)17-3)11-8-6-5-7-9-11/h11H,4-10H2,1-3H3. The van der Waals surface area contributed by atoms with Crippen LogP contribution in [0.5, 0.6) is 0 Å². The maximum Gasteiger partial charge on any atom is 0.312 e. The Hall–Kier alpha value is -0.610. The van der Waals surface area contributed by atoms with Gasteiger partial charge in [-0.1, -0.05) is 26.2 Å². The average molecular weight is 268 g/mol. The highest BCUT2D eigenvalue weighted by atomic mass is 17.0. The third-order valence-electron chi connectivity index (χ3n) is 5.38.